The van der Waals surface area contributed by atoms with Crippen LogP contribution in [0, 0.1) is 12.7 Å². The quantitative estimate of drug-likeness (QED) is 0.802. The summed E-state index contributed by atoms with van der Waals surface area (Å²) in [4.78, 5) is 12.6. The standard InChI is InChI=1S/C17H22FN5O2S/c1-13-12-16(21(2)3)20-17(19-13)22-8-10-23(11-9-22)26(24,25)15-7-5-4-6-14(15)18/h4-7,12H,8-11H2,1-3H3. The molecule has 1 fully saturated rings. The first-order valence-electron chi connectivity index (χ1n) is 8.31. The van der Waals surface area contributed by atoms with E-state index in [9.17, 15) is 12.8 Å². The number of sulfonamides is 1. The maximum absolute atomic E-state index is 13.9. The lowest BCUT2D eigenvalue weighted by Gasteiger charge is -2.34. The summed E-state index contributed by atoms with van der Waals surface area (Å²) >= 11 is 0. The van der Waals surface area contributed by atoms with Crippen LogP contribution in [0.5, 0.6) is 0 Å². The monoisotopic (exact) mass is 379 g/mol. The Morgan fingerprint density at radius 1 is 1.08 bits per heavy atom. The van der Waals surface area contributed by atoms with E-state index >= 15 is 0 Å². The first-order chi connectivity index (χ1) is 12.3. The number of aromatic nitrogens is 2. The van der Waals surface area contributed by atoms with Crippen molar-refractivity contribution >= 4 is 21.8 Å². The van der Waals surface area contributed by atoms with Gasteiger partial charge in [0.1, 0.15) is 16.5 Å². The van der Waals surface area contributed by atoms with Crippen LogP contribution in [-0.4, -0.2) is 63.0 Å². The first kappa shape index (κ1) is 18.5. The molecule has 1 aromatic heterocycles. The van der Waals surface area contributed by atoms with Gasteiger partial charge in [0.05, 0.1) is 0 Å². The molecule has 0 bridgehead atoms. The summed E-state index contributed by atoms with van der Waals surface area (Å²) in [6.45, 7) is 3.31. The smallest absolute Gasteiger partial charge is 0.246 e. The summed E-state index contributed by atoms with van der Waals surface area (Å²) in [5, 5.41) is 0. The van der Waals surface area contributed by atoms with E-state index in [0.29, 0.717) is 19.0 Å². The molecule has 0 unspecified atom stereocenters. The lowest BCUT2D eigenvalue weighted by molar-refractivity contribution is 0.380. The van der Waals surface area contributed by atoms with E-state index in [2.05, 4.69) is 9.97 Å². The summed E-state index contributed by atoms with van der Waals surface area (Å²) in [6.07, 6.45) is 0. The molecule has 3 rings (SSSR count). The fourth-order valence-corrected chi connectivity index (χ4v) is 4.32. The van der Waals surface area contributed by atoms with Gasteiger partial charge in [0.2, 0.25) is 16.0 Å². The number of benzene rings is 1. The average Bonchev–Trinajstić information content (AvgIpc) is 2.61. The van der Waals surface area contributed by atoms with Crippen molar-refractivity contribution in [1.82, 2.24) is 14.3 Å². The van der Waals surface area contributed by atoms with Crippen molar-refractivity contribution in [3.05, 3.63) is 41.8 Å². The number of rotatable bonds is 4. The van der Waals surface area contributed by atoms with Crippen molar-refractivity contribution < 1.29 is 12.8 Å². The highest BCUT2D eigenvalue weighted by molar-refractivity contribution is 7.89. The number of aryl methyl sites for hydroxylation is 1. The molecule has 26 heavy (non-hydrogen) atoms. The molecule has 1 saturated heterocycles. The zero-order valence-corrected chi connectivity index (χ0v) is 15.9. The van der Waals surface area contributed by atoms with Gasteiger partial charge in [-0.05, 0) is 19.1 Å². The van der Waals surface area contributed by atoms with Crippen LogP contribution in [0.1, 0.15) is 5.69 Å². The van der Waals surface area contributed by atoms with Gasteiger partial charge in [-0.3, -0.25) is 0 Å². The summed E-state index contributed by atoms with van der Waals surface area (Å²) in [5.74, 6) is 0.651. The molecule has 140 valence electrons. The van der Waals surface area contributed by atoms with Crippen molar-refractivity contribution in [3.63, 3.8) is 0 Å². The second-order valence-electron chi connectivity index (χ2n) is 6.38. The molecule has 1 aliphatic rings. The van der Waals surface area contributed by atoms with E-state index in [4.69, 9.17) is 0 Å². The first-order valence-corrected chi connectivity index (χ1v) is 9.75. The van der Waals surface area contributed by atoms with Gasteiger partial charge < -0.3 is 9.80 Å². The molecule has 2 heterocycles. The van der Waals surface area contributed by atoms with Gasteiger partial charge in [0.25, 0.3) is 0 Å². The molecule has 1 aliphatic heterocycles. The molecule has 2 aromatic rings. The predicted molar refractivity (Wildman–Crippen MR) is 98.5 cm³/mol. The topological polar surface area (TPSA) is 69.6 Å². The third-order valence-corrected chi connectivity index (χ3v) is 6.19. The number of hydrogen-bond donors (Lipinski definition) is 0. The minimum absolute atomic E-state index is 0.255. The van der Waals surface area contributed by atoms with Crippen LogP contribution >= 0.6 is 0 Å². The Hall–Kier alpha value is -2.26. The van der Waals surface area contributed by atoms with E-state index in [1.165, 1.54) is 22.5 Å². The Morgan fingerprint density at radius 3 is 2.35 bits per heavy atom. The number of anilines is 2. The highest BCUT2D eigenvalue weighted by Crippen LogP contribution is 2.22. The van der Waals surface area contributed by atoms with Crippen molar-refractivity contribution in [1.29, 1.82) is 0 Å². The Kier molecular flexibility index (Phi) is 5.10. The van der Waals surface area contributed by atoms with Crippen LogP contribution in [0.25, 0.3) is 0 Å². The zero-order valence-electron chi connectivity index (χ0n) is 15.1. The largest absolute Gasteiger partial charge is 0.363 e. The van der Waals surface area contributed by atoms with Crippen LogP contribution in [-0.2, 0) is 10.0 Å². The molecule has 0 N–H and O–H groups in total. The van der Waals surface area contributed by atoms with Crippen LogP contribution in [0.15, 0.2) is 35.2 Å². The zero-order chi connectivity index (χ0) is 18.9. The molecule has 9 heteroatoms. The van der Waals surface area contributed by atoms with E-state index in [0.717, 1.165) is 17.6 Å². The Morgan fingerprint density at radius 2 is 1.73 bits per heavy atom. The van der Waals surface area contributed by atoms with Gasteiger partial charge in [-0.25, -0.2) is 17.8 Å². The third kappa shape index (κ3) is 3.63. The number of piperazine rings is 1. The van der Waals surface area contributed by atoms with Crippen molar-refractivity contribution in [3.8, 4) is 0 Å². The molecule has 7 nitrogen and oxygen atoms in total. The molecular weight excluding hydrogens is 357 g/mol. The molecule has 1 aromatic carbocycles. The minimum atomic E-state index is -3.85. The summed E-state index contributed by atoms with van der Waals surface area (Å²) < 4.78 is 40.6. The SMILES string of the molecule is Cc1cc(N(C)C)nc(N2CCN(S(=O)(=O)c3ccccc3F)CC2)n1. The predicted octanol–water partition coefficient (Wildman–Crippen LogP) is 1.50. The second kappa shape index (κ2) is 7.16. The van der Waals surface area contributed by atoms with E-state index in [1.807, 2.05) is 36.9 Å². The Labute approximate surface area is 153 Å². The normalized spacial score (nSPS) is 15.9. The lowest BCUT2D eigenvalue weighted by atomic mass is 10.3. The van der Waals surface area contributed by atoms with Crippen molar-refractivity contribution in [2.75, 3.05) is 50.1 Å². The van der Waals surface area contributed by atoms with Gasteiger partial charge >= 0.3 is 0 Å². The van der Waals surface area contributed by atoms with Crippen LogP contribution in [0.2, 0.25) is 0 Å². The fourth-order valence-electron chi connectivity index (χ4n) is 2.83. The Balaban J connectivity index is 1.77. The third-order valence-electron chi connectivity index (χ3n) is 4.26. The molecule has 0 saturated carbocycles. The second-order valence-corrected chi connectivity index (χ2v) is 8.29. The van der Waals surface area contributed by atoms with Gasteiger partial charge in [0, 0.05) is 52.0 Å². The highest BCUT2D eigenvalue weighted by atomic mass is 32.2. The Bertz CT molecular complexity index is 896. The highest BCUT2D eigenvalue weighted by Gasteiger charge is 2.31. The summed E-state index contributed by atoms with van der Waals surface area (Å²) in [5.41, 5.74) is 0.847. The van der Waals surface area contributed by atoms with Crippen molar-refractivity contribution in [2.45, 2.75) is 11.8 Å². The van der Waals surface area contributed by atoms with Gasteiger partial charge in [0.15, 0.2) is 0 Å². The maximum Gasteiger partial charge on any atom is 0.246 e. The number of nitrogens with zero attached hydrogens (tertiary/aromatic N) is 5. The van der Waals surface area contributed by atoms with Crippen LogP contribution in [0.3, 0.4) is 0 Å². The molecule has 0 radical (unpaired) electrons. The molecule has 0 amide bonds. The van der Waals surface area contributed by atoms with Gasteiger partial charge in [-0.15, -0.1) is 0 Å². The molecular formula is C17H22FN5O2S. The molecule has 0 aliphatic carbocycles. The van der Waals surface area contributed by atoms with E-state index in [1.54, 1.807) is 0 Å². The average molecular weight is 379 g/mol. The number of halogens is 1. The van der Waals surface area contributed by atoms with Gasteiger partial charge in [-0.1, -0.05) is 12.1 Å². The van der Waals surface area contributed by atoms with E-state index < -0.39 is 15.8 Å². The molecule has 0 atom stereocenters. The van der Waals surface area contributed by atoms with Crippen molar-refractivity contribution in [2.24, 2.45) is 0 Å². The summed E-state index contributed by atoms with van der Waals surface area (Å²) in [7, 11) is -0.0310. The number of hydrogen-bond acceptors (Lipinski definition) is 6. The molecule has 0 spiro atoms. The summed E-state index contributed by atoms with van der Waals surface area (Å²) in [6, 6.07) is 7.35. The fraction of sp³-hybridized carbons (Fsp3) is 0.412. The minimum Gasteiger partial charge on any atom is -0.363 e. The van der Waals surface area contributed by atoms with Gasteiger partial charge in [-0.2, -0.15) is 9.29 Å². The van der Waals surface area contributed by atoms with E-state index in [-0.39, 0.29) is 18.0 Å². The van der Waals surface area contributed by atoms with Crippen LogP contribution in [0.4, 0.5) is 16.2 Å². The maximum atomic E-state index is 13.9. The lowest BCUT2D eigenvalue weighted by Crippen LogP contribution is -2.49. The van der Waals surface area contributed by atoms with Crippen LogP contribution < -0.4 is 9.80 Å².